The summed E-state index contributed by atoms with van der Waals surface area (Å²) in [4.78, 5) is 29.2. The Morgan fingerprint density at radius 1 is 1.36 bits per heavy atom. The Hall–Kier alpha value is -0.420. The zero-order chi connectivity index (χ0) is 11.6. The van der Waals surface area contributed by atoms with Crippen molar-refractivity contribution in [2.45, 2.75) is 26.3 Å². The van der Waals surface area contributed by atoms with Crippen molar-refractivity contribution >= 4 is 13.6 Å². The molecule has 0 aromatic carbocycles. The molecule has 0 aromatic rings. The van der Waals surface area contributed by atoms with E-state index in [2.05, 4.69) is 0 Å². The minimum atomic E-state index is -4.21. The number of aliphatic carboxylic acids is 1. The summed E-state index contributed by atoms with van der Waals surface area (Å²) in [5.74, 6) is -1.10. The molecule has 84 valence electrons. The maximum atomic E-state index is 10.7. The van der Waals surface area contributed by atoms with E-state index in [9.17, 15) is 9.36 Å². The Kier molecular flexibility index (Phi) is 4.27. The van der Waals surface area contributed by atoms with E-state index < -0.39 is 25.4 Å². The van der Waals surface area contributed by atoms with Gasteiger partial charge >= 0.3 is 13.6 Å². The monoisotopic (exact) mass is 225 g/mol. The molecule has 0 aromatic heterocycles. The third-order valence-electron chi connectivity index (χ3n) is 1.63. The molecule has 0 aliphatic heterocycles. The van der Waals surface area contributed by atoms with Crippen LogP contribution in [0.4, 0.5) is 0 Å². The molecule has 0 saturated heterocycles. The average Bonchev–Trinajstić information content (AvgIpc) is 1.78. The summed E-state index contributed by atoms with van der Waals surface area (Å²) in [5.41, 5.74) is -0.584. The van der Waals surface area contributed by atoms with Gasteiger partial charge in [0.15, 0.2) is 0 Å². The lowest BCUT2D eigenvalue weighted by molar-refractivity contribution is -0.139. The van der Waals surface area contributed by atoms with Gasteiger partial charge in [-0.25, -0.2) is 0 Å². The van der Waals surface area contributed by atoms with Gasteiger partial charge in [0, 0.05) is 5.54 Å². The summed E-state index contributed by atoms with van der Waals surface area (Å²) in [6, 6.07) is 0. The first-order valence-corrected chi connectivity index (χ1v) is 5.83. The number of rotatable bonds is 4. The molecule has 0 aliphatic rings. The van der Waals surface area contributed by atoms with E-state index in [4.69, 9.17) is 14.9 Å². The average molecular weight is 225 g/mol. The van der Waals surface area contributed by atoms with Gasteiger partial charge in [-0.15, -0.1) is 0 Å². The van der Waals surface area contributed by atoms with E-state index in [1.54, 1.807) is 20.8 Å². The van der Waals surface area contributed by atoms with Crippen molar-refractivity contribution in [3.8, 4) is 0 Å². The zero-order valence-electron chi connectivity index (χ0n) is 8.47. The van der Waals surface area contributed by atoms with E-state index >= 15 is 0 Å². The van der Waals surface area contributed by atoms with Crippen molar-refractivity contribution in [3.63, 3.8) is 0 Å². The maximum absolute atomic E-state index is 10.7. The van der Waals surface area contributed by atoms with Crippen LogP contribution >= 0.6 is 7.60 Å². The smallest absolute Gasteiger partial charge is 0.339 e. The Bertz CT molecular complexity index is 253. The van der Waals surface area contributed by atoms with Crippen LogP contribution in [0.2, 0.25) is 0 Å². The van der Waals surface area contributed by atoms with Crippen LogP contribution in [-0.2, 0) is 9.36 Å². The Morgan fingerprint density at radius 2 is 1.79 bits per heavy atom. The summed E-state index contributed by atoms with van der Waals surface area (Å²) in [7, 11) is -4.21. The molecule has 0 rings (SSSR count). The lowest BCUT2D eigenvalue weighted by Gasteiger charge is -2.34. The molecular weight excluding hydrogens is 209 g/mol. The first-order valence-electron chi connectivity index (χ1n) is 4.04. The Morgan fingerprint density at radius 3 is 2.00 bits per heavy atom. The highest BCUT2D eigenvalue weighted by atomic mass is 31.2. The van der Waals surface area contributed by atoms with Gasteiger partial charge < -0.3 is 14.9 Å². The highest BCUT2D eigenvalue weighted by Crippen LogP contribution is 2.37. The highest BCUT2D eigenvalue weighted by Gasteiger charge is 2.29. The highest BCUT2D eigenvalue weighted by molar-refractivity contribution is 7.51. The molecule has 3 N–H and O–H groups in total. The van der Waals surface area contributed by atoms with Crippen LogP contribution in [0.3, 0.4) is 0 Å². The molecule has 0 heterocycles. The number of hydrogen-bond acceptors (Lipinski definition) is 3. The van der Waals surface area contributed by atoms with Gasteiger partial charge in [-0.3, -0.25) is 14.3 Å². The zero-order valence-corrected chi connectivity index (χ0v) is 9.36. The van der Waals surface area contributed by atoms with Crippen LogP contribution in [0.1, 0.15) is 20.8 Å². The predicted molar refractivity (Wildman–Crippen MR) is 51.0 cm³/mol. The van der Waals surface area contributed by atoms with E-state index in [0.29, 0.717) is 0 Å². The fourth-order valence-electron chi connectivity index (χ4n) is 0.885. The molecule has 0 bridgehead atoms. The number of carboxylic acids is 1. The second-order valence-corrected chi connectivity index (χ2v) is 5.68. The predicted octanol–water partition coefficient (Wildman–Crippen LogP) is 0.307. The molecule has 0 amide bonds. The fourth-order valence-corrected chi connectivity index (χ4v) is 1.85. The van der Waals surface area contributed by atoms with E-state index in [1.807, 2.05) is 0 Å². The van der Waals surface area contributed by atoms with Crippen molar-refractivity contribution in [3.05, 3.63) is 0 Å². The van der Waals surface area contributed by atoms with Crippen LogP contribution < -0.4 is 0 Å². The minimum Gasteiger partial charge on any atom is -0.480 e. The molecule has 0 spiro atoms. The third kappa shape index (κ3) is 6.10. The van der Waals surface area contributed by atoms with E-state index in [-0.39, 0.29) is 6.54 Å². The second kappa shape index (κ2) is 4.40. The lowest BCUT2D eigenvalue weighted by Crippen LogP contribution is -2.44. The van der Waals surface area contributed by atoms with Gasteiger partial charge in [-0.2, -0.15) is 0 Å². The van der Waals surface area contributed by atoms with Crippen molar-refractivity contribution in [1.82, 2.24) is 4.90 Å². The van der Waals surface area contributed by atoms with Gasteiger partial charge in [-0.1, -0.05) is 0 Å². The van der Waals surface area contributed by atoms with Gasteiger partial charge in [0.05, 0.1) is 6.54 Å². The Labute approximate surface area is 82.7 Å². The minimum absolute atomic E-state index is 0.380. The van der Waals surface area contributed by atoms with Crippen LogP contribution in [0.25, 0.3) is 0 Å². The number of nitrogens with zero attached hydrogens (tertiary/aromatic N) is 1. The van der Waals surface area contributed by atoms with Gasteiger partial charge in [-0.05, 0) is 20.8 Å². The van der Waals surface area contributed by atoms with Crippen molar-refractivity contribution in [1.29, 1.82) is 0 Å². The quantitative estimate of drug-likeness (QED) is 0.595. The fraction of sp³-hybridized carbons (Fsp3) is 0.857. The summed E-state index contributed by atoms with van der Waals surface area (Å²) in [5, 5.41) is 8.55. The first kappa shape index (κ1) is 13.6. The standard InChI is InChI=1S/C7H16NO5P/c1-7(2,3)8(4-6(9)10)5-14(11,12)13/h4-5H2,1-3H3,(H,9,10)(H2,11,12,13). The maximum Gasteiger partial charge on any atom is 0.339 e. The van der Waals surface area contributed by atoms with E-state index in [0.717, 1.165) is 0 Å². The lowest BCUT2D eigenvalue weighted by atomic mass is 10.1. The molecule has 0 saturated carbocycles. The molecule has 0 fully saturated rings. The summed E-state index contributed by atoms with van der Waals surface area (Å²) in [6.45, 7) is 4.72. The second-order valence-electron chi connectivity index (χ2n) is 4.07. The summed E-state index contributed by atoms with van der Waals surface area (Å²) in [6.07, 6.45) is -0.539. The van der Waals surface area contributed by atoms with Gasteiger partial charge in [0.2, 0.25) is 0 Å². The molecule has 14 heavy (non-hydrogen) atoms. The van der Waals surface area contributed by atoms with Crippen molar-refractivity contribution < 1.29 is 24.3 Å². The molecular formula is C7H16NO5P. The van der Waals surface area contributed by atoms with Crippen LogP contribution in [0, 0.1) is 0 Å². The van der Waals surface area contributed by atoms with Gasteiger partial charge in [0.25, 0.3) is 0 Å². The Balaban J connectivity index is 4.58. The summed E-state index contributed by atoms with van der Waals surface area (Å²) >= 11 is 0. The largest absolute Gasteiger partial charge is 0.480 e. The number of carboxylic acid groups (broad SMARTS) is 1. The van der Waals surface area contributed by atoms with Crippen LogP contribution in [0.15, 0.2) is 0 Å². The molecule has 0 radical (unpaired) electrons. The first-order chi connectivity index (χ1) is 6.02. The van der Waals surface area contributed by atoms with Crippen molar-refractivity contribution in [2.75, 3.05) is 12.8 Å². The SMILES string of the molecule is CC(C)(C)N(CC(=O)O)CP(=O)(O)O. The van der Waals surface area contributed by atoms with Crippen LogP contribution in [0.5, 0.6) is 0 Å². The molecule has 7 heteroatoms. The number of carbonyl (C=O) groups is 1. The molecule has 0 atom stereocenters. The van der Waals surface area contributed by atoms with Crippen molar-refractivity contribution in [2.24, 2.45) is 0 Å². The number of hydrogen-bond donors (Lipinski definition) is 3. The van der Waals surface area contributed by atoms with Crippen LogP contribution in [-0.4, -0.2) is 44.1 Å². The van der Waals surface area contributed by atoms with E-state index in [1.165, 1.54) is 4.90 Å². The molecule has 0 aliphatic carbocycles. The van der Waals surface area contributed by atoms with Gasteiger partial charge in [0.1, 0.15) is 6.29 Å². The topological polar surface area (TPSA) is 98.1 Å². The third-order valence-corrected chi connectivity index (χ3v) is 2.34. The molecule has 0 unspecified atom stereocenters. The molecule has 6 nitrogen and oxygen atoms in total. The normalized spacial score (nSPS) is 13.3. The summed E-state index contributed by atoms with van der Waals surface area (Å²) < 4.78 is 10.7.